The van der Waals surface area contributed by atoms with Gasteiger partial charge in [0, 0.05) is 17.3 Å². The molecule has 1 atom stereocenters. The highest BCUT2D eigenvalue weighted by Crippen LogP contribution is 2.26. The molecule has 0 radical (unpaired) electrons. The van der Waals surface area contributed by atoms with Crippen molar-refractivity contribution in [3.63, 3.8) is 0 Å². The first-order valence-corrected chi connectivity index (χ1v) is 7.51. The van der Waals surface area contributed by atoms with Crippen LogP contribution in [0.2, 0.25) is 0 Å². The fourth-order valence-electron chi connectivity index (χ4n) is 2.16. The Kier molecular flexibility index (Phi) is 4.73. The highest BCUT2D eigenvalue weighted by molar-refractivity contribution is 7.20. The maximum atomic E-state index is 13.1. The molecule has 1 aromatic carbocycles. The van der Waals surface area contributed by atoms with E-state index in [1.807, 2.05) is 0 Å². The molecule has 5 heteroatoms. The Morgan fingerprint density at radius 1 is 1.40 bits per heavy atom. The Morgan fingerprint density at radius 2 is 2.15 bits per heavy atom. The Labute approximate surface area is 122 Å². The Balaban J connectivity index is 2.14. The minimum atomic E-state index is -0.286. The number of thiophene rings is 1. The number of nitrogens with two attached hydrogens (primary N) is 1. The third-order valence-corrected chi connectivity index (χ3v) is 4.18. The van der Waals surface area contributed by atoms with Crippen LogP contribution in [-0.4, -0.2) is 18.5 Å². The molecule has 1 unspecified atom stereocenters. The summed E-state index contributed by atoms with van der Waals surface area (Å²) in [6, 6.07) is 6.30. The van der Waals surface area contributed by atoms with E-state index >= 15 is 0 Å². The zero-order valence-electron chi connectivity index (χ0n) is 11.7. The Hall–Kier alpha value is -1.46. The Morgan fingerprint density at radius 3 is 2.80 bits per heavy atom. The summed E-state index contributed by atoms with van der Waals surface area (Å²) < 4.78 is 13.9. The largest absolute Gasteiger partial charge is 0.347 e. The van der Waals surface area contributed by atoms with Crippen molar-refractivity contribution >= 4 is 27.3 Å². The van der Waals surface area contributed by atoms with E-state index in [0.717, 1.165) is 16.5 Å². The van der Waals surface area contributed by atoms with E-state index in [-0.39, 0.29) is 17.8 Å². The number of amides is 1. The van der Waals surface area contributed by atoms with Crippen LogP contribution in [0.5, 0.6) is 0 Å². The molecule has 0 aliphatic rings. The standard InChI is InChI=1S/C15H19FN2OS/c1-9(2)5-12(8-17)18-15(19)14-6-10-3-4-11(16)7-13(10)20-14/h3-4,6-7,9,12H,5,8,17H2,1-2H3,(H,18,19). The van der Waals surface area contributed by atoms with Crippen LogP contribution < -0.4 is 11.1 Å². The molecule has 3 N–H and O–H groups in total. The summed E-state index contributed by atoms with van der Waals surface area (Å²) in [5, 5.41) is 3.83. The third kappa shape index (κ3) is 3.55. The molecule has 3 nitrogen and oxygen atoms in total. The predicted octanol–water partition coefficient (Wildman–Crippen LogP) is 3.14. The fourth-order valence-corrected chi connectivity index (χ4v) is 3.15. The van der Waals surface area contributed by atoms with Crippen molar-refractivity contribution in [2.24, 2.45) is 11.7 Å². The van der Waals surface area contributed by atoms with Gasteiger partial charge in [0.15, 0.2) is 0 Å². The second kappa shape index (κ2) is 6.33. The number of fused-ring (bicyclic) bond motifs is 1. The lowest BCUT2D eigenvalue weighted by atomic mass is 10.0. The van der Waals surface area contributed by atoms with Crippen molar-refractivity contribution in [3.05, 3.63) is 35.0 Å². The van der Waals surface area contributed by atoms with Crippen LogP contribution in [0.15, 0.2) is 24.3 Å². The van der Waals surface area contributed by atoms with E-state index in [1.165, 1.54) is 23.5 Å². The number of hydrogen-bond donors (Lipinski definition) is 2. The molecule has 1 heterocycles. The van der Waals surface area contributed by atoms with E-state index < -0.39 is 0 Å². The molecule has 0 bridgehead atoms. The van der Waals surface area contributed by atoms with Crippen molar-refractivity contribution in [1.29, 1.82) is 0 Å². The number of carbonyl (C=O) groups excluding carboxylic acids is 1. The summed E-state index contributed by atoms with van der Waals surface area (Å²) in [6.45, 7) is 4.61. The molecular formula is C15H19FN2OS. The second-order valence-corrected chi connectivity index (χ2v) is 6.41. The van der Waals surface area contributed by atoms with Crippen molar-refractivity contribution in [1.82, 2.24) is 5.32 Å². The summed E-state index contributed by atoms with van der Waals surface area (Å²) in [5.41, 5.74) is 5.68. The van der Waals surface area contributed by atoms with Crippen molar-refractivity contribution in [2.75, 3.05) is 6.54 Å². The summed E-state index contributed by atoms with van der Waals surface area (Å²) in [5.74, 6) is 0.0500. The monoisotopic (exact) mass is 294 g/mol. The lowest BCUT2D eigenvalue weighted by molar-refractivity contribution is 0.0938. The molecular weight excluding hydrogens is 275 g/mol. The lowest BCUT2D eigenvalue weighted by Gasteiger charge is -2.18. The molecule has 0 aliphatic carbocycles. The maximum Gasteiger partial charge on any atom is 0.261 e. The smallest absolute Gasteiger partial charge is 0.261 e. The van der Waals surface area contributed by atoms with Crippen LogP contribution in [0.4, 0.5) is 4.39 Å². The van der Waals surface area contributed by atoms with E-state index in [4.69, 9.17) is 5.73 Å². The first-order chi connectivity index (χ1) is 9.49. The average molecular weight is 294 g/mol. The lowest BCUT2D eigenvalue weighted by Crippen LogP contribution is -2.40. The zero-order valence-corrected chi connectivity index (χ0v) is 12.5. The van der Waals surface area contributed by atoms with Gasteiger partial charge in [-0.15, -0.1) is 11.3 Å². The number of nitrogens with one attached hydrogen (secondary N) is 1. The molecule has 2 aromatic rings. The third-order valence-electron chi connectivity index (χ3n) is 3.08. The quantitative estimate of drug-likeness (QED) is 0.890. The van der Waals surface area contributed by atoms with Crippen LogP contribution in [0.1, 0.15) is 29.9 Å². The van der Waals surface area contributed by atoms with Gasteiger partial charge in [-0.25, -0.2) is 4.39 Å². The van der Waals surface area contributed by atoms with Gasteiger partial charge in [-0.1, -0.05) is 19.9 Å². The fraction of sp³-hybridized carbons (Fsp3) is 0.400. The zero-order chi connectivity index (χ0) is 14.7. The maximum absolute atomic E-state index is 13.1. The van der Waals surface area contributed by atoms with E-state index in [2.05, 4.69) is 19.2 Å². The Bertz CT molecular complexity index is 609. The van der Waals surface area contributed by atoms with Gasteiger partial charge < -0.3 is 11.1 Å². The van der Waals surface area contributed by atoms with Gasteiger partial charge >= 0.3 is 0 Å². The number of benzene rings is 1. The van der Waals surface area contributed by atoms with E-state index in [0.29, 0.717) is 17.3 Å². The van der Waals surface area contributed by atoms with Crippen LogP contribution in [-0.2, 0) is 0 Å². The molecule has 108 valence electrons. The minimum absolute atomic E-state index is 0.0237. The minimum Gasteiger partial charge on any atom is -0.347 e. The van der Waals surface area contributed by atoms with Gasteiger partial charge in [0.1, 0.15) is 5.82 Å². The molecule has 0 saturated heterocycles. The van der Waals surface area contributed by atoms with Gasteiger partial charge in [-0.05, 0) is 35.9 Å². The SMILES string of the molecule is CC(C)CC(CN)NC(=O)c1cc2ccc(F)cc2s1. The first-order valence-electron chi connectivity index (χ1n) is 6.69. The van der Waals surface area contributed by atoms with Crippen LogP contribution >= 0.6 is 11.3 Å². The summed E-state index contributed by atoms with van der Waals surface area (Å²) in [4.78, 5) is 12.8. The van der Waals surface area contributed by atoms with Gasteiger partial charge in [0.25, 0.3) is 5.91 Å². The molecule has 0 fully saturated rings. The summed E-state index contributed by atoms with van der Waals surface area (Å²) >= 11 is 1.30. The average Bonchev–Trinajstić information content (AvgIpc) is 2.80. The molecule has 2 rings (SSSR count). The van der Waals surface area contributed by atoms with E-state index in [1.54, 1.807) is 12.1 Å². The highest BCUT2D eigenvalue weighted by Gasteiger charge is 2.16. The van der Waals surface area contributed by atoms with Gasteiger partial charge in [0.2, 0.25) is 0 Å². The van der Waals surface area contributed by atoms with Gasteiger partial charge in [-0.2, -0.15) is 0 Å². The topological polar surface area (TPSA) is 55.1 Å². The first kappa shape index (κ1) is 14.9. The molecule has 1 aromatic heterocycles. The van der Waals surface area contributed by atoms with Crippen LogP contribution in [0.25, 0.3) is 10.1 Å². The van der Waals surface area contributed by atoms with Crippen LogP contribution in [0, 0.1) is 11.7 Å². The van der Waals surface area contributed by atoms with Gasteiger partial charge in [0.05, 0.1) is 4.88 Å². The second-order valence-electron chi connectivity index (χ2n) is 5.33. The molecule has 20 heavy (non-hydrogen) atoms. The number of hydrogen-bond acceptors (Lipinski definition) is 3. The van der Waals surface area contributed by atoms with Crippen molar-refractivity contribution < 1.29 is 9.18 Å². The van der Waals surface area contributed by atoms with Crippen molar-refractivity contribution in [2.45, 2.75) is 26.3 Å². The normalized spacial score (nSPS) is 12.8. The van der Waals surface area contributed by atoms with Crippen LogP contribution in [0.3, 0.4) is 0 Å². The molecule has 0 spiro atoms. The number of halogens is 1. The number of rotatable bonds is 5. The molecule has 1 amide bonds. The van der Waals surface area contributed by atoms with Crippen molar-refractivity contribution in [3.8, 4) is 0 Å². The molecule has 0 saturated carbocycles. The number of carbonyl (C=O) groups is 1. The van der Waals surface area contributed by atoms with Gasteiger partial charge in [-0.3, -0.25) is 4.79 Å². The summed E-state index contributed by atoms with van der Waals surface area (Å²) in [7, 11) is 0. The highest BCUT2D eigenvalue weighted by atomic mass is 32.1. The predicted molar refractivity (Wildman–Crippen MR) is 81.5 cm³/mol. The summed E-state index contributed by atoms with van der Waals surface area (Å²) in [6.07, 6.45) is 0.849. The molecule has 0 aliphatic heterocycles. The van der Waals surface area contributed by atoms with E-state index in [9.17, 15) is 9.18 Å².